The number of benzene rings is 2. The number of pyridine rings is 1. The molecule has 0 fully saturated rings. The second kappa shape index (κ2) is 9.85. The van der Waals surface area contributed by atoms with E-state index in [9.17, 15) is 9.59 Å². The van der Waals surface area contributed by atoms with E-state index in [0.717, 1.165) is 11.1 Å². The molecule has 3 heterocycles. The van der Waals surface area contributed by atoms with E-state index in [4.69, 9.17) is 25.2 Å². The normalized spacial score (nSPS) is 12.6. The number of anilines is 1. The van der Waals surface area contributed by atoms with Crippen molar-refractivity contribution >= 4 is 45.3 Å². The van der Waals surface area contributed by atoms with Crippen LogP contribution in [0.4, 0.5) is 5.69 Å². The second-order valence-electron chi connectivity index (χ2n) is 10.5. The monoisotopic (exact) mass is 545 g/mol. The van der Waals surface area contributed by atoms with Crippen molar-refractivity contribution in [3.8, 4) is 11.3 Å². The van der Waals surface area contributed by atoms with E-state index in [1.807, 2.05) is 44.2 Å². The molecule has 5 rings (SSSR count). The molecule has 0 aliphatic rings. The SMILES string of the molecule is Cc1cc([C@@H](C)Nc2ccc(Cl)nc2C(=O)OC(C)(C)C)c2oc(-c3cccc4ocnc34)c(C)c(=O)c2c1. The standard InChI is InChI=1S/C30H28ClN3O5/c1-15-12-19(17(3)33-21-10-11-23(31)34-25(21)29(36)39-30(4,5)6)28-20(13-15)26(35)16(2)27(38-28)18-8-7-9-22-24(18)32-14-37-22/h7-14,17,33H,1-6H3/t17-/m1/s1. The van der Waals surface area contributed by atoms with Gasteiger partial charge in [0.05, 0.1) is 17.1 Å². The van der Waals surface area contributed by atoms with E-state index in [1.165, 1.54) is 6.39 Å². The summed E-state index contributed by atoms with van der Waals surface area (Å²) in [6.45, 7) is 10.9. The van der Waals surface area contributed by atoms with Crippen LogP contribution >= 0.6 is 11.6 Å². The number of aryl methyl sites for hydroxylation is 1. The van der Waals surface area contributed by atoms with Crippen molar-refractivity contribution in [3.63, 3.8) is 0 Å². The summed E-state index contributed by atoms with van der Waals surface area (Å²) in [5, 5.41) is 3.98. The smallest absolute Gasteiger partial charge is 0.359 e. The number of hydrogen-bond donors (Lipinski definition) is 1. The molecule has 8 nitrogen and oxygen atoms in total. The number of hydrogen-bond acceptors (Lipinski definition) is 8. The lowest BCUT2D eigenvalue weighted by Crippen LogP contribution is -2.25. The number of nitrogens with zero attached hydrogens (tertiary/aromatic N) is 2. The maximum absolute atomic E-state index is 13.6. The summed E-state index contributed by atoms with van der Waals surface area (Å²) in [4.78, 5) is 35.1. The number of ether oxygens (including phenoxy) is 1. The van der Waals surface area contributed by atoms with Gasteiger partial charge in [-0.1, -0.05) is 23.7 Å². The summed E-state index contributed by atoms with van der Waals surface area (Å²) in [5.41, 5.74) is 4.08. The van der Waals surface area contributed by atoms with Gasteiger partial charge in [-0.15, -0.1) is 0 Å². The Morgan fingerprint density at radius 1 is 1.13 bits per heavy atom. The molecule has 5 aromatic rings. The number of aromatic nitrogens is 2. The molecule has 0 radical (unpaired) electrons. The first-order valence-corrected chi connectivity index (χ1v) is 12.9. The maximum atomic E-state index is 13.6. The molecule has 1 N–H and O–H groups in total. The highest BCUT2D eigenvalue weighted by atomic mass is 35.5. The molecule has 9 heteroatoms. The van der Waals surface area contributed by atoms with Gasteiger partial charge in [-0.05, 0) is 77.4 Å². The maximum Gasteiger partial charge on any atom is 0.359 e. The molecule has 0 spiro atoms. The number of para-hydroxylation sites is 1. The van der Waals surface area contributed by atoms with Gasteiger partial charge >= 0.3 is 5.97 Å². The number of carbonyl (C=O) groups is 1. The van der Waals surface area contributed by atoms with Gasteiger partial charge < -0.3 is 18.9 Å². The molecule has 0 unspecified atom stereocenters. The van der Waals surface area contributed by atoms with Crippen LogP contribution in [-0.4, -0.2) is 21.5 Å². The van der Waals surface area contributed by atoms with Crippen molar-refractivity contribution in [1.29, 1.82) is 0 Å². The van der Waals surface area contributed by atoms with Gasteiger partial charge in [0.25, 0.3) is 0 Å². The zero-order valence-corrected chi connectivity index (χ0v) is 23.3. The lowest BCUT2D eigenvalue weighted by atomic mass is 9.98. The van der Waals surface area contributed by atoms with Crippen LogP contribution in [0.1, 0.15) is 60.9 Å². The Kier molecular flexibility index (Phi) is 6.68. The Morgan fingerprint density at radius 2 is 1.90 bits per heavy atom. The number of halogens is 1. The molecular formula is C30H28ClN3O5. The molecule has 3 aromatic heterocycles. The highest BCUT2D eigenvalue weighted by molar-refractivity contribution is 6.29. The van der Waals surface area contributed by atoms with Gasteiger partial charge in [0.15, 0.2) is 23.1 Å². The lowest BCUT2D eigenvalue weighted by Gasteiger charge is -2.22. The van der Waals surface area contributed by atoms with Crippen LogP contribution in [0.15, 0.2) is 62.5 Å². The van der Waals surface area contributed by atoms with Gasteiger partial charge in [0.1, 0.15) is 27.6 Å². The highest BCUT2D eigenvalue weighted by Crippen LogP contribution is 2.35. The first-order chi connectivity index (χ1) is 18.4. The molecule has 0 bridgehead atoms. The van der Waals surface area contributed by atoms with Gasteiger partial charge in [0, 0.05) is 16.7 Å². The van der Waals surface area contributed by atoms with Crippen molar-refractivity contribution in [2.45, 2.75) is 53.2 Å². The highest BCUT2D eigenvalue weighted by Gasteiger charge is 2.25. The van der Waals surface area contributed by atoms with Gasteiger partial charge in [-0.2, -0.15) is 0 Å². The fraction of sp³-hybridized carbons (Fsp3) is 0.267. The second-order valence-corrected chi connectivity index (χ2v) is 10.9. The Hall–Kier alpha value is -4.17. The quantitative estimate of drug-likeness (QED) is 0.180. The van der Waals surface area contributed by atoms with Gasteiger partial charge in [-0.3, -0.25) is 4.79 Å². The molecule has 0 aliphatic carbocycles. The number of oxazole rings is 1. The third-order valence-electron chi connectivity index (χ3n) is 6.29. The molecule has 0 saturated carbocycles. The Morgan fingerprint density at radius 3 is 2.64 bits per heavy atom. The minimum Gasteiger partial charge on any atom is -0.455 e. The average molecular weight is 546 g/mol. The zero-order chi connectivity index (χ0) is 28.1. The van der Waals surface area contributed by atoms with Gasteiger partial charge in [-0.25, -0.2) is 14.8 Å². The van der Waals surface area contributed by atoms with Crippen LogP contribution < -0.4 is 10.7 Å². The first kappa shape index (κ1) is 26.4. The Bertz CT molecular complexity index is 1800. The van der Waals surface area contributed by atoms with Crippen molar-refractivity contribution in [1.82, 2.24) is 9.97 Å². The summed E-state index contributed by atoms with van der Waals surface area (Å²) >= 11 is 6.12. The molecule has 1 atom stereocenters. The predicted octanol–water partition coefficient (Wildman–Crippen LogP) is 7.39. The molecule has 39 heavy (non-hydrogen) atoms. The molecule has 0 saturated heterocycles. The van der Waals surface area contributed by atoms with Crippen LogP contribution in [0.3, 0.4) is 0 Å². The van der Waals surface area contributed by atoms with E-state index < -0.39 is 17.6 Å². The number of rotatable bonds is 5. The zero-order valence-electron chi connectivity index (χ0n) is 22.5. The van der Waals surface area contributed by atoms with Crippen molar-refractivity contribution < 1.29 is 18.4 Å². The van der Waals surface area contributed by atoms with Crippen molar-refractivity contribution in [2.75, 3.05) is 5.32 Å². The van der Waals surface area contributed by atoms with Crippen LogP contribution in [0.2, 0.25) is 5.15 Å². The lowest BCUT2D eigenvalue weighted by molar-refractivity contribution is 0.00640. The number of nitrogens with one attached hydrogen (secondary N) is 1. The number of esters is 1. The van der Waals surface area contributed by atoms with Crippen LogP contribution in [0, 0.1) is 13.8 Å². The van der Waals surface area contributed by atoms with E-state index >= 15 is 0 Å². The minimum absolute atomic E-state index is 0.0666. The summed E-state index contributed by atoms with van der Waals surface area (Å²) in [6.07, 6.45) is 1.37. The topological polar surface area (TPSA) is 107 Å². The number of fused-ring (bicyclic) bond motifs is 2. The summed E-state index contributed by atoms with van der Waals surface area (Å²) < 4.78 is 17.5. The summed E-state index contributed by atoms with van der Waals surface area (Å²) in [7, 11) is 0. The van der Waals surface area contributed by atoms with E-state index in [1.54, 1.807) is 39.8 Å². The van der Waals surface area contributed by atoms with Crippen LogP contribution in [0.25, 0.3) is 33.4 Å². The summed E-state index contributed by atoms with van der Waals surface area (Å²) in [6, 6.07) is 12.2. The molecule has 200 valence electrons. The largest absolute Gasteiger partial charge is 0.455 e. The fourth-order valence-electron chi connectivity index (χ4n) is 4.56. The van der Waals surface area contributed by atoms with Gasteiger partial charge in [0.2, 0.25) is 0 Å². The minimum atomic E-state index is -0.707. The third-order valence-corrected chi connectivity index (χ3v) is 6.50. The molecule has 0 amide bonds. The average Bonchev–Trinajstić information content (AvgIpc) is 3.35. The van der Waals surface area contributed by atoms with Crippen LogP contribution in [0.5, 0.6) is 0 Å². The summed E-state index contributed by atoms with van der Waals surface area (Å²) in [5.74, 6) is -0.175. The van der Waals surface area contributed by atoms with Crippen molar-refractivity contribution in [2.24, 2.45) is 0 Å². The predicted molar refractivity (Wildman–Crippen MR) is 151 cm³/mol. The van der Waals surface area contributed by atoms with E-state index in [-0.39, 0.29) is 16.3 Å². The molecular weight excluding hydrogens is 518 g/mol. The fourth-order valence-corrected chi connectivity index (χ4v) is 4.71. The van der Waals surface area contributed by atoms with Crippen LogP contribution in [-0.2, 0) is 4.74 Å². The number of carbonyl (C=O) groups excluding carboxylic acids is 1. The first-order valence-electron chi connectivity index (χ1n) is 12.5. The van der Waals surface area contributed by atoms with E-state index in [2.05, 4.69) is 15.3 Å². The Balaban J connectivity index is 1.64. The van der Waals surface area contributed by atoms with Crippen molar-refractivity contribution in [3.05, 3.63) is 86.6 Å². The molecule has 0 aliphatic heterocycles. The third kappa shape index (κ3) is 5.12. The van der Waals surface area contributed by atoms with E-state index in [0.29, 0.717) is 44.6 Å². The Labute approximate surface area is 230 Å². The molecule has 2 aromatic carbocycles.